The van der Waals surface area contributed by atoms with E-state index in [1.807, 2.05) is 20.8 Å². The molecular weight excluding hydrogens is 454 g/mol. The van der Waals surface area contributed by atoms with Crippen LogP contribution in [0.1, 0.15) is 31.1 Å². The largest absolute Gasteiger partial charge is 0.490 e. The molecule has 0 bridgehead atoms. The van der Waals surface area contributed by atoms with Crippen molar-refractivity contribution in [2.45, 2.75) is 27.4 Å². The summed E-state index contributed by atoms with van der Waals surface area (Å²) in [6.07, 6.45) is 0. The Labute approximate surface area is 194 Å². The lowest BCUT2D eigenvalue weighted by atomic mass is 10.1. The number of amides is 1. The molecule has 0 aliphatic carbocycles. The van der Waals surface area contributed by atoms with E-state index in [1.54, 1.807) is 35.7 Å². The number of thiazole rings is 1. The highest BCUT2D eigenvalue weighted by atomic mass is 32.1. The Bertz CT molecular complexity index is 1060. The second-order valence-electron chi connectivity index (χ2n) is 6.47. The van der Waals surface area contributed by atoms with Gasteiger partial charge in [-0.1, -0.05) is 12.1 Å². The predicted octanol–water partition coefficient (Wildman–Crippen LogP) is 5.86. The Hall–Kier alpha value is -3.40. The van der Waals surface area contributed by atoms with Crippen molar-refractivity contribution in [3.8, 4) is 34.3 Å². The lowest BCUT2D eigenvalue weighted by Gasteiger charge is -2.16. The van der Waals surface area contributed by atoms with Crippen molar-refractivity contribution in [1.82, 2.24) is 4.98 Å². The minimum atomic E-state index is -2.96. The van der Waals surface area contributed by atoms with Gasteiger partial charge in [0.15, 0.2) is 16.6 Å². The van der Waals surface area contributed by atoms with Crippen LogP contribution in [0.3, 0.4) is 0 Å². The van der Waals surface area contributed by atoms with Crippen LogP contribution in [0.2, 0.25) is 0 Å². The molecule has 2 aromatic carbocycles. The predicted molar refractivity (Wildman–Crippen MR) is 122 cm³/mol. The van der Waals surface area contributed by atoms with Gasteiger partial charge in [0, 0.05) is 16.5 Å². The zero-order chi connectivity index (χ0) is 23.8. The maximum absolute atomic E-state index is 12.9. The van der Waals surface area contributed by atoms with Crippen molar-refractivity contribution in [3.63, 3.8) is 0 Å². The van der Waals surface area contributed by atoms with Gasteiger partial charge in [0.2, 0.25) is 5.75 Å². The van der Waals surface area contributed by atoms with Gasteiger partial charge >= 0.3 is 6.61 Å². The van der Waals surface area contributed by atoms with Crippen LogP contribution in [0, 0.1) is 0 Å². The van der Waals surface area contributed by atoms with Crippen molar-refractivity contribution in [3.05, 3.63) is 47.3 Å². The van der Waals surface area contributed by atoms with Gasteiger partial charge in [-0.15, -0.1) is 11.3 Å². The van der Waals surface area contributed by atoms with Crippen molar-refractivity contribution >= 4 is 22.4 Å². The molecule has 0 aliphatic rings. The Morgan fingerprint density at radius 2 is 1.64 bits per heavy atom. The molecule has 0 saturated heterocycles. The number of benzene rings is 2. The number of para-hydroxylation sites is 1. The summed E-state index contributed by atoms with van der Waals surface area (Å²) in [7, 11) is 0. The summed E-state index contributed by atoms with van der Waals surface area (Å²) in [5.74, 6) is 0.800. The number of anilines is 1. The van der Waals surface area contributed by atoms with Crippen LogP contribution in [0.4, 0.5) is 13.9 Å². The number of carbonyl (C=O) groups excluding carboxylic acids is 1. The third-order valence-electron chi connectivity index (χ3n) is 4.28. The van der Waals surface area contributed by atoms with E-state index in [9.17, 15) is 13.6 Å². The first kappa shape index (κ1) is 24.2. The zero-order valence-corrected chi connectivity index (χ0v) is 19.2. The number of nitrogens with one attached hydrogen (secondary N) is 1. The molecule has 0 saturated carbocycles. The number of ether oxygens (including phenoxy) is 4. The second kappa shape index (κ2) is 11.5. The molecule has 0 aliphatic heterocycles. The molecule has 33 heavy (non-hydrogen) atoms. The van der Waals surface area contributed by atoms with Gasteiger partial charge < -0.3 is 18.9 Å². The first-order chi connectivity index (χ1) is 16.0. The zero-order valence-electron chi connectivity index (χ0n) is 18.4. The Morgan fingerprint density at radius 1 is 1.00 bits per heavy atom. The van der Waals surface area contributed by atoms with Crippen LogP contribution >= 0.6 is 11.3 Å². The molecule has 0 unspecified atom stereocenters. The van der Waals surface area contributed by atoms with Gasteiger partial charge in [0.05, 0.1) is 25.5 Å². The molecule has 0 atom stereocenters. The van der Waals surface area contributed by atoms with E-state index in [1.165, 1.54) is 6.07 Å². The number of rotatable bonds is 11. The van der Waals surface area contributed by atoms with E-state index in [-0.39, 0.29) is 5.75 Å². The average Bonchev–Trinajstić information content (AvgIpc) is 3.24. The lowest BCUT2D eigenvalue weighted by molar-refractivity contribution is -0.0494. The fourth-order valence-electron chi connectivity index (χ4n) is 3.02. The van der Waals surface area contributed by atoms with E-state index in [0.29, 0.717) is 59.0 Å². The standard InChI is InChI=1S/C23H24F2N2O5S/c1-4-29-18-11-14(12-19(30-5-2)20(18)31-6-3)21(28)27-23-26-16(13-33-23)15-9-7-8-10-17(15)32-22(24)25/h7-13,22H,4-6H2,1-3H3,(H,26,27,28). The number of hydrogen-bond donors (Lipinski definition) is 1. The van der Waals surface area contributed by atoms with E-state index in [2.05, 4.69) is 15.0 Å². The van der Waals surface area contributed by atoms with E-state index in [0.717, 1.165) is 11.3 Å². The third kappa shape index (κ3) is 6.10. The van der Waals surface area contributed by atoms with E-state index >= 15 is 0 Å². The number of hydrogen-bond acceptors (Lipinski definition) is 7. The Balaban J connectivity index is 1.86. The van der Waals surface area contributed by atoms with Crippen molar-refractivity contribution in [2.75, 3.05) is 25.1 Å². The van der Waals surface area contributed by atoms with Crippen LogP contribution in [-0.4, -0.2) is 37.3 Å². The van der Waals surface area contributed by atoms with Gasteiger partial charge in [0.1, 0.15) is 5.75 Å². The minimum absolute atomic E-state index is 0.00454. The maximum Gasteiger partial charge on any atom is 0.387 e. The summed E-state index contributed by atoms with van der Waals surface area (Å²) in [5, 5.41) is 4.68. The number of nitrogens with zero attached hydrogens (tertiary/aromatic N) is 1. The SMILES string of the molecule is CCOc1cc(C(=O)Nc2nc(-c3ccccc3OC(F)F)cs2)cc(OCC)c1OCC. The van der Waals surface area contributed by atoms with Gasteiger partial charge in [-0.2, -0.15) is 8.78 Å². The summed E-state index contributed by atoms with van der Waals surface area (Å²) in [4.78, 5) is 17.3. The van der Waals surface area contributed by atoms with Crippen molar-refractivity contribution < 1.29 is 32.5 Å². The van der Waals surface area contributed by atoms with Crippen LogP contribution < -0.4 is 24.3 Å². The molecule has 0 spiro atoms. The summed E-state index contributed by atoms with van der Waals surface area (Å²) in [6, 6.07) is 9.49. The lowest BCUT2D eigenvalue weighted by Crippen LogP contribution is -2.13. The molecule has 176 valence electrons. The van der Waals surface area contributed by atoms with Gasteiger partial charge in [-0.25, -0.2) is 4.98 Å². The number of halogens is 2. The summed E-state index contributed by atoms with van der Waals surface area (Å²) < 4.78 is 46.9. The third-order valence-corrected chi connectivity index (χ3v) is 5.03. The van der Waals surface area contributed by atoms with Crippen LogP contribution in [0.5, 0.6) is 23.0 Å². The molecule has 1 N–H and O–H groups in total. The summed E-state index contributed by atoms with van der Waals surface area (Å²) in [6.45, 7) is 3.72. The van der Waals surface area contributed by atoms with Gasteiger partial charge in [0.25, 0.3) is 5.91 Å². The molecule has 0 radical (unpaired) electrons. The molecule has 1 aromatic heterocycles. The highest BCUT2D eigenvalue weighted by Gasteiger charge is 2.20. The van der Waals surface area contributed by atoms with E-state index in [4.69, 9.17) is 14.2 Å². The molecule has 10 heteroatoms. The first-order valence-electron chi connectivity index (χ1n) is 10.3. The van der Waals surface area contributed by atoms with Crippen LogP contribution in [0.15, 0.2) is 41.8 Å². The highest BCUT2D eigenvalue weighted by molar-refractivity contribution is 7.14. The molecule has 1 heterocycles. The second-order valence-corrected chi connectivity index (χ2v) is 7.33. The first-order valence-corrected chi connectivity index (χ1v) is 11.2. The van der Waals surface area contributed by atoms with Crippen LogP contribution in [-0.2, 0) is 0 Å². The topological polar surface area (TPSA) is 78.9 Å². The summed E-state index contributed by atoms with van der Waals surface area (Å²) in [5.41, 5.74) is 1.10. The number of carbonyl (C=O) groups is 1. The molecule has 3 rings (SSSR count). The van der Waals surface area contributed by atoms with Crippen molar-refractivity contribution in [2.24, 2.45) is 0 Å². The number of alkyl halides is 2. The van der Waals surface area contributed by atoms with Crippen molar-refractivity contribution in [1.29, 1.82) is 0 Å². The van der Waals surface area contributed by atoms with Gasteiger partial charge in [-0.3, -0.25) is 10.1 Å². The van der Waals surface area contributed by atoms with Gasteiger partial charge in [-0.05, 0) is 45.0 Å². The highest BCUT2D eigenvalue weighted by Crippen LogP contribution is 2.39. The monoisotopic (exact) mass is 478 g/mol. The quantitative estimate of drug-likeness (QED) is 0.372. The molecule has 1 amide bonds. The Kier molecular flexibility index (Phi) is 8.42. The van der Waals surface area contributed by atoms with E-state index < -0.39 is 12.5 Å². The minimum Gasteiger partial charge on any atom is -0.490 e. The number of aromatic nitrogens is 1. The fraction of sp³-hybridized carbons (Fsp3) is 0.304. The molecule has 0 fully saturated rings. The normalized spacial score (nSPS) is 10.7. The maximum atomic E-state index is 12.9. The average molecular weight is 479 g/mol. The summed E-state index contributed by atoms with van der Waals surface area (Å²) >= 11 is 1.16. The Morgan fingerprint density at radius 3 is 2.24 bits per heavy atom. The smallest absolute Gasteiger partial charge is 0.387 e. The fourth-order valence-corrected chi connectivity index (χ4v) is 3.73. The molecule has 3 aromatic rings. The molecular formula is C23H24F2N2O5S. The molecule has 7 nitrogen and oxygen atoms in total. The van der Waals surface area contributed by atoms with Crippen LogP contribution in [0.25, 0.3) is 11.3 Å².